The van der Waals surface area contributed by atoms with Crippen molar-refractivity contribution in [1.29, 1.82) is 0 Å². The number of nitrogens with one attached hydrogen (secondary N) is 1. The Morgan fingerprint density at radius 3 is 2.75 bits per heavy atom. The van der Waals surface area contributed by atoms with Crippen LogP contribution in [0.15, 0.2) is 0 Å². The number of hydrogen-bond acceptors (Lipinski definition) is 4. The lowest BCUT2D eigenvalue weighted by molar-refractivity contribution is -0.137. The lowest BCUT2D eigenvalue weighted by Crippen LogP contribution is -2.39. The predicted octanol–water partition coefficient (Wildman–Crippen LogP) is -1.71. The molecule has 0 aromatic rings. The highest BCUT2D eigenvalue weighted by Gasteiger charge is 2.35. The molecule has 0 saturated carbocycles. The third kappa shape index (κ3) is 1.62. The van der Waals surface area contributed by atoms with Crippen LogP contribution in [0.5, 0.6) is 0 Å². The summed E-state index contributed by atoms with van der Waals surface area (Å²) < 4.78 is 0. The lowest BCUT2D eigenvalue weighted by atomic mass is 10.2. The Labute approximate surface area is 70.9 Å². The van der Waals surface area contributed by atoms with Crippen molar-refractivity contribution >= 4 is 11.8 Å². The number of carbonyl (C=O) groups is 2. The van der Waals surface area contributed by atoms with E-state index in [0.29, 0.717) is 13.1 Å². The molecule has 1 heterocycles. The fourth-order valence-corrected chi connectivity index (χ4v) is 1.17. The van der Waals surface area contributed by atoms with Gasteiger partial charge in [0, 0.05) is 20.1 Å². The Morgan fingerprint density at radius 1 is 1.67 bits per heavy atom. The summed E-state index contributed by atoms with van der Waals surface area (Å²) in [6.45, 7) is 1.04. The number of rotatable bonds is 3. The van der Waals surface area contributed by atoms with Gasteiger partial charge in [-0.2, -0.15) is 0 Å². The molecule has 5 heteroatoms. The van der Waals surface area contributed by atoms with Crippen LogP contribution in [0.1, 0.15) is 6.42 Å². The first-order valence-corrected chi connectivity index (χ1v) is 3.90. The van der Waals surface area contributed by atoms with Crippen LogP contribution in [0.4, 0.5) is 0 Å². The fourth-order valence-electron chi connectivity index (χ4n) is 1.17. The van der Waals surface area contributed by atoms with Crippen LogP contribution in [0.2, 0.25) is 0 Å². The summed E-state index contributed by atoms with van der Waals surface area (Å²) in [6.07, 6.45) is 0.259. The molecule has 3 N–H and O–H groups in total. The van der Waals surface area contributed by atoms with E-state index in [1.807, 2.05) is 0 Å². The van der Waals surface area contributed by atoms with Crippen molar-refractivity contribution < 1.29 is 9.59 Å². The molecule has 0 bridgehead atoms. The Hall–Kier alpha value is -0.940. The van der Waals surface area contributed by atoms with Gasteiger partial charge in [-0.15, -0.1) is 0 Å². The quantitative estimate of drug-likeness (QED) is 0.496. The topological polar surface area (TPSA) is 75.4 Å². The minimum absolute atomic E-state index is 0.130. The van der Waals surface area contributed by atoms with E-state index in [4.69, 9.17) is 5.73 Å². The second kappa shape index (κ2) is 3.64. The van der Waals surface area contributed by atoms with Crippen molar-refractivity contribution in [1.82, 2.24) is 10.2 Å². The zero-order valence-corrected chi connectivity index (χ0v) is 7.04. The maximum atomic E-state index is 11.2. The zero-order valence-electron chi connectivity index (χ0n) is 7.04. The van der Waals surface area contributed by atoms with Gasteiger partial charge in [-0.05, 0) is 0 Å². The van der Waals surface area contributed by atoms with E-state index in [0.717, 1.165) is 4.90 Å². The maximum Gasteiger partial charge on any atom is 0.246 e. The second-order valence-electron chi connectivity index (χ2n) is 2.79. The van der Waals surface area contributed by atoms with Gasteiger partial charge in [-0.3, -0.25) is 14.5 Å². The van der Waals surface area contributed by atoms with Crippen molar-refractivity contribution in [2.45, 2.75) is 12.5 Å². The standard InChI is InChI=1S/C7H13N3O2/c1-10-6(11)4-5(7(10)12)9-3-2-8/h5,9H,2-4,8H2,1H3. The van der Waals surface area contributed by atoms with E-state index in [1.54, 1.807) is 0 Å². The highest BCUT2D eigenvalue weighted by Crippen LogP contribution is 2.09. The molecule has 1 aliphatic rings. The van der Waals surface area contributed by atoms with Crippen LogP contribution in [-0.2, 0) is 9.59 Å². The molecule has 1 unspecified atom stereocenters. The van der Waals surface area contributed by atoms with Crippen molar-refractivity contribution in [2.75, 3.05) is 20.1 Å². The number of likely N-dealkylation sites (tertiary alicyclic amines) is 1. The molecule has 0 spiro atoms. The Bertz CT molecular complexity index is 205. The summed E-state index contributed by atoms with van der Waals surface area (Å²) in [4.78, 5) is 23.4. The zero-order chi connectivity index (χ0) is 9.14. The first-order chi connectivity index (χ1) is 5.66. The first-order valence-electron chi connectivity index (χ1n) is 3.90. The number of hydrogen-bond donors (Lipinski definition) is 2. The highest BCUT2D eigenvalue weighted by atomic mass is 16.2. The van der Waals surface area contributed by atoms with Crippen molar-refractivity contribution in [2.24, 2.45) is 5.73 Å². The van der Waals surface area contributed by atoms with Gasteiger partial charge in [0.1, 0.15) is 0 Å². The van der Waals surface area contributed by atoms with Crippen LogP contribution in [-0.4, -0.2) is 42.9 Å². The predicted molar refractivity (Wildman–Crippen MR) is 43.2 cm³/mol. The van der Waals surface area contributed by atoms with E-state index < -0.39 is 0 Å². The molecule has 1 saturated heterocycles. The van der Waals surface area contributed by atoms with E-state index in [2.05, 4.69) is 5.32 Å². The summed E-state index contributed by atoms with van der Waals surface area (Å²) in [5.41, 5.74) is 5.25. The number of likely N-dealkylation sites (N-methyl/N-ethyl adjacent to an activating group) is 1. The maximum absolute atomic E-state index is 11.2. The van der Waals surface area contributed by atoms with Crippen LogP contribution in [0.25, 0.3) is 0 Å². The van der Waals surface area contributed by atoms with E-state index >= 15 is 0 Å². The SMILES string of the molecule is CN1C(=O)CC(NCCN)C1=O. The third-order valence-corrected chi connectivity index (χ3v) is 1.92. The molecule has 1 fully saturated rings. The summed E-state index contributed by atoms with van der Waals surface area (Å²) in [5, 5.41) is 2.90. The van der Waals surface area contributed by atoms with Gasteiger partial charge < -0.3 is 11.1 Å². The van der Waals surface area contributed by atoms with Gasteiger partial charge >= 0.3 is 0 Å². The van der Waals surface area contributed by atoms with Gasteiger partial charge in [0.15, 0.2) is 0 Å². The summed E-state index contributed by atoms with van der Waals surface area (Å²) >= 11 is 0. The minimum atomic E-state index is -0.356. The van der Waals surface area contributed by atoms with E-state index in [9.17, 15) is 9.59 Å². The van der Waals surface area contributed by atoms with Crippen molar-refractivity contribution in [3.05, 3.63) is 0 Å². The largest absolute Gasteiger partial charge is 0.329 e. The van der Waals surface area contributed by atoms with E-state index in [-0.39, 0.29) is 24.3 Å². The van der Waals surface area contributed by atoms with Gasteiger partial charge in [0.25, 0.3) is 0 Å². The smallest absolute Gasteiger partial charge is 0.246 e. The molecular weight excluding hydrogens is 158 g/mol. The van der Waals surface area contributed by atoms with Crippen LogP contribution >= 0.6 is 0 Å². The van der Waals surface area contributed by atoms with Gasteiger partial charge in [0.05, 0.1) is 12.5 Å². The summed E-state index contributed by atoms with van der Waals surface area (Å²) in [6, 6.07) is -0.356. The summed E-state index contributed by atoms with van der Waals surface area (Å²) in [5.74, 6) is -0.289. The number of nitrogens with two attached hydrogens (primary N) is 1. The van der Waals surface area contributed by atoms with Crippen molar-refractivity contribution in [3.8, 4) is 0 Å². The molecule has 2 amide bonds. The van der Waals surface area contributed by atoms with Gasteiger partial charge in [-0.1, -0.05) is 0 Å². The third-order valence-electron chi connectivity index (χ3n) is 1.92. The fraction of sp³-hybridized carbons (Fsp3) is 0.714. The number of imide groups is 1. The Balaban J connectivity index is 2.47. The first kappa shape index (κ1) is 9.15. The minimum Gasteiger partial charge on any atom is -0.329 e. The Morgan fingerprint density at radius 2 is 2.33 bits per heavy atom. The molecule has 1 atom stereocenters. The van der Waals surface area contributed by atoms with Crippen molar-refractivity contribution in [3.63, 3.8) is 0 Å². The number of nitrogens with zero attached hydrogens (tertiary/aromatic N) is 1. The molecular formula is C7H13N3O2. The molecule has 0 aromatic carbocycles. The lowest BCUT2D eigenvalue weighted by Gasteiger charge is -2.09. The second-order valence-corrected chi connectivity index (χ2v) is 2.79. The average Bonchev–Trinajstić information content (AvgIpc) is 2.30. The number of amides is 2. The highest BCUT2D eigenvalue weighted by molar-refractivity contribution is 6.05. The average molecular weight is 171 g/mol. The van der Waals surface area contributed by atoms with Crippen LogP contribution < -0.4 is 11.1 Å². The summed E-state index contributed by atoms with van der Waals surface area (Å²) in [7, 11) is 1.49. The van der Waals surface area contributed by atoms with Gasteiger partial charge in [-0.25, -0.2) is 0 Å². The van der Waals surface area contributed by atoms with Crippen LogP contribution in [0.3, 0.4) is 0 Å². The molecule has 0 aromatic heterocycles. The molecule has 0 aliphatic carbocycles. The number of carbonyl (C=O) groups excluding carboxylic acids is 2. The normalized spacial score (nSPS) is 23.8. The Kier molecular flexibility index (Phi) is 2.78. The van der Waals surface area contributed by atoms with Gasteiger partial charge in [0.2, 0.25) is 11.8 Å². The monoisotopic (exact) mass is 171 g/mol. The van der Waals surface area contributed by atoms with E-state index in [1.165, 1.54) is 7.05 Å². The molecule has 1 aliphatic heterocycles. The molecule has 12 heavy (non-hydrogen) atoms. The molecule has 1 rings (SSSR count). The molecule has 5 nitrogen and oxygen atoms in total. The molecule has 0 radical (unpaired) electrons. The molecule has 68 valence electrons. The van der Waals surface area contributed by atoms with Crippen LogP contribution in [0, 0.1) is 0 Å².